The van der Waals surface area contributed by atoms with Crippen LogP contribution in [0.1, 0.15) is 39.4 Å². The van der Waals surface area contributed by atoms with Gasteiger partial charge in [0.15, 0.2) is 5.78 Å². The van der Waals surface area contributed by atoms with Crippen molar-refractivity contribution in [1.29, 1.82) is 0 Å². The van der Waals surface area contributed by atoms with Crippen molar-refractivity contribution in [3.8, 4) is 0 Å². The zero-order valence-corrected chi connectivity index (χ0v) is 14.7. The molecule has 0 radical (unpaired) electrons. The highest BCUT2D eigenvalue weighted by Crippen LogP contribution is 2.26. The molecule has 0 spiro atoms. The monoisotopic (exact) mass is 347 g/mol. The Kier molecular flexibility index (Phi) is 4.29. The first-order valence-electron chi connectivity index (χ1n) is 8.97. The number of piperidine rings is 1. The summed E-state index contributed by atoms with van der Waals surface area (Å²) in [4.78, 5) is 27.6. The standard InChI is InChI=1S/C21H21N3O2/c1-14-12-19(23-22-14)21(26)24-11-5-8-16(13-24)20(25)18-10-4-7-15-6-2-3-9-17(15)18/h2-4,6-7,9-10,12,16H,5,8,11,13H2,1H3,(H,22,23)/t16-/m1/s1. The van der Waals surface area contributed by atoms with E-state index in [4.69, 9.17) is 0 Å². The number of amides is 1. The number of aryl methyl sites for hydroxylation is 1. The number of ketones is 1. The summed E-state index contributed by atoms with van der Waals surface area (Å²) in [6.45, 7) is 2.99. The number of H-pyrrole nitrogens is 1. The van der Waals surface area contributed by atoms with Crippen LogP contribution in [0.15, 0.2) is 48.5 Å². The molecule has 0 saturated carbocycles. The summed E-state index contributed by atoms with van der Waals surface area (Å²) in [6, 6.07) is 15.5. The van der Waals surface area contributed by atoms with E-state index in [-0.39, 0.29) is 17.6 Å². The minimum atomic E-state index is -0.168. The molecule has 1 saturated heterocycles. The quantitative estimate of drug-likeness (QED) is 0.736. The Morgan fingerprint density at radius 1 is 1.15 bits per heavy atom. The van der Waals surface area contributed by atoms with Crippen molar-refractivity contribution in [2.45, 2.75) is 19.8 Å². The number of benzene rings is 2. The molecule has 0 bridgehead atoms. The number of Topliss-reactive ketones (excluding diaryl/α,β-unsaturated/α-hetero) is 1. The highest BCUT2D eigenvalue weighted by Gasteiger charge is 2.30. The van der Waals surface area contributed by atoms with Gasteiger partial charge in [0.05, 0.1) is 0 Å². The van der Waals surface area contributed by atoms with Crippen LogP contribution in [0.5, 0.6) is 0 Å². The molecule has 132 valence electrons. The van der Waals surface area contributed by atoms with Gasteiger partial charge in [-0.15, -0.1) is 0 Å². The van der Waals surface area contributed by atoms with Gasteiger partial charge in [0.2, 0.25) is 0 Å². The van der Waals surface area contributed by atoms with Crippen molar-refractivity contribution in [2.75, 3.05) is 13.1 Å². The molecule has 1 atom stereocenters. The molecule has 0 aliphatic carbocycles. The number of nitrogens with zero attached hydrogens (tertiary/aromatic N) is 2. The topological polar surface area (TPSA) is 66.1 Å². The Balaban J connectivity index is 1.57. The van der Waals surface area contributed by atoms with Gasteiger partial charge < -0.3 is 4.90 Å². The van der Waals surface area contributed by atoms with E-state index < -0.39 is 0 Å². The Morgan fingerprint density at radius 3 is 2.77 bits per heavy atom. The second-order valence-electron chi connectivity index (χ2n) is 6.92. The molecule has 1 aromatic heterocycles. The first-order valence-corrected chi connectivity index (χ1v) is 8.97. The summed E-state index contributed by atoms with van der Waals surface area (Å²) >= 11 is 0. The zero-order chi connectivity index (χ0) is 18.1. The normalized spacial score (nSPS) is 17.4. The average molecular weight is 347 g/mol. The van der Waals surface area contributed by atoms with Crippen molar-refractivity contribution < 1.29 is 9.59 Å². The number of carbonyl (C=O) groups is 2. The molecule has 2 heterocycles. The minimum Gasteiger partial charge on any atom is -0.337 e. The summed E-state index contributed by atoms with van der Waals surface area (Å²) in [5, 5.41) is 8.90. The highest BCUT2D eigenvalue weighted by molar-refractivity contribution is 6.09. The maximum atomic E-state index is 13.2. The van der Waals surface area contributed by atoms with E-state index in [9.17, 15) is 9.59 Å². The number of hydrogen-bond donors (Lipinski definition) is 1. The summed E-state index contributed by atoms with van der Waals surface area (Å²) in [6.07, 6.45) is 1.64. The molecule has 1 aliphatic rings. The molecule has 5 heteroatoms. The predicted octanol–water partition coefficient (Wildman–Crippen LogP) is 3.61. The molecule has 3 aromatic rings. The van der Waals surface area contributed by atoms with Crippen molar-refractivity contribution in [3.63, 3.8) is 0 Å². The van der Waals surface area contributed by atoms with Crippen LogP contribution in [-0.4, -0.2) is 39.9 Å². The number of hydrogen-bond acceptors (Lipinski definition) is 3. The maximum absolute atomic E-state index is 13.2. The number of nitrogens with one attached hydrogen (secondary N) is 1. The van der Waals surface area contributed by atoms with Gasteiger partial charge in [0.25, 0.3) is 5.91 Å². The van der Waals surface area contributed by atoms with Crippen molar-refractivity contribution in [2.24, 2.45) is 5.92 Å². The SMILES string of the molecule is Cc1cc(C(=O)N2CCC[C@@H](C(=O)c3cccc4ccccc34)C2)n[nH]1. The second-order valence-corrected chi connectivity index (χ2v) is 6.92. The Hall–Kier alpha value is -2.95. The first-order chi connectivity index (χ1) is 12.6. The molecule has 1 aliphatic heterocycles. The molecule has 5 nitrogen and oxygen atoms in total. The van der Waals surface area contributed by atoms with Crippen molar-refractivity contribution in [1.82, 2.24) is 15.1 Å². The van der Waals surface area contributed by atoms with Crippen molar-refractivity contribution >= 4 is 22.5 Å². The molecule has 1 amide bonds. The van der Waals surface area contributed by atoms with Gasteiger partial charge in [-0.25, -0.2) is 0 Å². The van der Waals surface area contributed by atoms with E-state index in [0.717, 1.165) is 34.9 Å². The van der Waals surface area contributed by atoms with Gasteiger partial charge in [-0.05, 0) is 36.6 Å². The van der Waals surface area contributed by atoms with Crippen LogP contribution >= 0.6 is 0 Å². The van der Waals surface area contributed by atoms with Gasteiger partial charge in [0.1, 0.15) is 5.69 Å². The summed E-state index contributed by atoms with van der Waals surface area (Å²) in [7, 11) is 0. The molecule has 2 aromatic carbocycles. The van der Waals surface area contributed by atoms with Crippen LogP contribution in [0.2, 0.25) is 0 Å². The second kappa shape index (κ2) is 6.75. The lowest BCUT2D eigenvalue weighted by Crippen LogP contribution is -2.42. The number of fused-ring (bicyclic) bond motifs is 1. The van der Waals surface area contributed by atoms with E-state index in [1.54, 1.807) is 11.0 Å². The third-order valence-electron chi connectivity index (χ3n) is 5.06. The number of rotatable bonds is 3. The molecule has 4 rings (SSSR count). The van der Waals surface area contributed by atoms with E-state index in [2.05, 4.69) is 10.2 Å². The fraction of sp³-hybridized carbons (Fsp3) is 0.286. The Bertz CT molecular complexity index is 971. The lowest BCUT2D eigenvalue weighted by molar-refractivity contribution is 0.0632. The maximum Gasteiger partial charge on any atom is 0.274 e. The smallest absolute Gasteiger partial charge is 0.274 e. The third kappa shape index (κ3) is 3.01. The van der Waals surface area contributed by atoms with Gasteiger partial charge in [-0.2, -0.15) is 5.10 Å². The number of carbonyl (C=O) groups excluding carboxylic acids is 2. The molecule has 1 fully saturated rings. The van der Waals surface area contributed by atoms with Gasteiger partial charge in [-0.3, -0.25) is 14.7 Å². The third-order valence-corrected chi connectivity index (χ3v) is 5.06. The highest BCUT2D eigenvalue weighted by atomic mass is 16.2. The summed E-state index contributed by atoms with van der Waals surface area (Å²) in [5.74, 6) is -0.152. The van der Waals surface area contributed by atoms with Crippen LogP contribution in [0.25, 0.3) is 10.8 Å². The van der Waals surface area contributed by atoms with E-state index in [1.165, 1.54) is 0 Å². The molecular formula is C21H21N3O2. The van der Waals surface area contributed by atoms with Gasteiger partial charge in [0, 0.05) is 30.3 Å². The molecule has 0 unspecified atom stereocenters. The van der Waals surface area contributed by atoms with Crippen molar-refractivity contribution in [3.05, 3.63) is 65.5 Å². The van der Waals surface area contributed by atoms with E-state index in [1.807, 2.05) is 49.4 Å². The zero-order valence-electron chi connectivity index (χ0n) is 14.7. The first kappa shape index (κ1) is 16.5. The Morgan fingerprint density at radius 2 is 1.96 bits per heavy atom. The van der Waals surface area contributed by atoms with E-state index in [0.29, 0.717) is 18.8 Å². The largest absolute Gasteiger partial charge is 0.337 e. The molecule has 26 heavy (non-hydrogen) atoms. The fourth-order valence-electron chi connectivity index (χ4n) is 3.73. The summed E-state index contributed by atoms with van der Waals surface area (Å²) < 4.78 is 0. The summed E-state index contributed by atoms with van der Waals surface area (Å²) in [5.41, 5.74) is 2.02. The van der Waals surface area contributed by atoms with Gasteiger partial charge >= 0.3 is 0 Å². The fourth-order valence-corrected chi connectivity index (χ4v) is 3.73. The van der Waals surface area contributed by atoms with Crippen LogP contribution in [0, 0.1) is 12.8 Å². The Labute approximate surface area is 152 Å². The van der Waals surface area contributed by atoms with Crippen LogP contribution in [0.4, 0.5) is 0 Å². The minimum absolute atomic E-state index is 0.107. The molecular weight excluding hydrogens is 326 g/mol. The van der Waals surface area contributed by atoms with Crippen LogP contribution in [-0.2, 0) is 0 Å². The average Bonchev–Trinajstić information content (AvgIpc) is 3.13. The van der Waals surface area contributed by atoms with E-state index >= 15 is 0 Å². The van der Waals surface area contributed by atoms with Gasteiger partial charge in [-0.1, -0.05) is 42.5 Å². The molecule has 1 N–H and O–H groups in total. The van der Waals surface area contributed by atoms with Crippen LogP contribution in [0.3, 0.4) is 0 Å². The van der Waals surface area contributed by atoms with Crippen LogP contribution < -0.4 is 0 Å². The lowest BCUT2D eigenvalue weighted by Gasteiger charge is -2.31. The lowest BCUT2D eigenvalue weighted by atomic mass is 9.88. The predicted molar refractivity (Wildman–Crippen MR) is 100 cm³/mol. The number of aromatic nitrogens is 2. The number of aromatic amines is 1. The number of likely N-dealkylation sites (tertiary alicyclic amines) is 1.